The van der Waals surface area contributed by atoms with E-state index >= 15 is 0 Å². The minimum atomic E-state index is -0.460. The molecule has 28 heavy (non-hydrogen) atoms. The molecule has 0 radical (unpaired) electrons. The van der Waals surface area contributed by atoms with Gasteiger partial charge in [-0.15, -0.1) is 0 Å². The highest BCUT2D eigenvalue weighted by Gasteiger charge is 2.14. The largest absolute Gasteiger partial charge is 0.321 e. The van der Waals surface area contributed by atoms with Gasteiger partial charge in [-0.1, -0.05) is 37.3 Å². The number of amides is 2. The van der Waals surface area contributed by atoms with Crippen LogP contribution >= 0.6 is 0 Å². The lowest BCUT2D eigenvalue weighted by atomic mass is 10.1. The third-order valence-corrected chi connectivity index (χ3v) is 4.11. The standard InChI is InChI=1S/C22H18N4O2/c1-2-16-8-3-4-10-18(16)26-22(28)20-12-6-11-19(25-20)21(27)24-17-9-5-7-15(13-17)14-23/h3-13H,2H2,1H3,(H,24,27)(H,26,28). The number of anilines is 2. The van der Waals surface area contributed by atoms with Crippen molar-refractivity contribution in [1.29, 1.82) is 5.26 Å². The normalized spacial score (nSPS) is 10.0. The molecule has 138 valence electrons. The Bertz CT molecular complexity index is 1070. The average molecular weight is 370 g/mol. The summed E-state index contributed by atoms with van der Waals surface area (Å²) >= 11 is 0. The Morgan fingerprint density at radius 1 is 0.929 bits per heavy atom. The lowest BCUT2D eigenvalue weighted by Gasteiger charge is -2.10. The van der Waals surface area contributed by atoms with Crippen molar-refractivity contribution < 1.29 is 9.59 Å². The highest BCUT2D eigenvalue weighted by Crippen LogP contribution is 2.17. The highest BCUT2D eigenvalue weighted by atomic mass is 16.2. The van der Waals surface area contributed by atoms with Crippen molar-refractivity contribution in [1.82, 2.24) is 4.98 Å². The van der Waals surface area contributed by atoms with E-state index in [0.29, 0.717) is 11.3 Å². The van der Waals surface area contributed by atoms with Crippen LogP contribution in [0.4, 0.5) is 11.4 Å². The number of aryl methyl sites for hydroxylation is 1. The molecule has 2 aromatic carbocycles. The van der Waals surface area contributed by atoms with Gasteiger partial charge in [0, 0.05) is 11.4 Å². The van der Waals surface area contributed by atoms with E-state index in [-0.39, 0.29) is 17.3 Å². The van der Waals surface area contributed by atoms with E-state index in [1.807, 2.05) is 37.3 Å². The molecule has 6 heteroatoms. The Labute approximate surface area is 162 Å². The maximum absolute atomic E-state index is 12.6. The molecule has 0 saturated carbocycles. The van der Waals surface area contributed by atoms with Gasteiger partial charge in [0.05, 0.1) is 11.6 Å². The minimum Gasteiger partial charge on any atom is -0.321 e. The first-order valence-electron chi connectivity index (χ1n) is 8.78. The van der Waals surface area contributed by atoms with Gasteiger partial charge in [0.25, 0.3) is 11.8 Å². The molecule has 3 rings (SSSR count). The lowest BCUT2D eigenvalue weighted by Crippen LogP contribution is -2.19. The van der Waals surface area contributed by atoms with E-state index in [1.54, 1.807) is 36.4 Å². The van der Waals surface area contributed by atoms with Gasteiger partial charge in [-0.05, 0) is 48.4 Å². The molecule has 0 aliphatic heterocycles. The third-order valence-electron chi connectivity index (χ3n) is 4.11. The van der Waals surface area contributed by atoms with Gasteiger partial charge in [0.15, 0.2) is 0 Å². The van der Waals surface area contributed by atoms with Crippen LogP contribution < -0.4 is 10.6 Å². The number of nitriles is 1. The molecule has 6 nitrogen and oxygen atoms in total. The van der Waals surface area contributed by atoms with Gasteiger partial charge >= 0.3 is 0 Å². The average Bonchev–Trinajstić information content (AvgIpc) is 2.74. The number of rotatable bonds is 5. The summed E-state index contributed by atoms with van der Waals surface area (Å²) in [6, 6.07) is 20.8. The van der Waals surface area contributed by atoms with Gasteiger partial charge in [-0.3, -0.25) is 9.59 Å². The molecule has 2 N–H and O–H groups in total. The Morgan fingerprint density at radius 2 is 1.61 bits per heavy atom. The van der Waals surface area contributed by atoms with Crippen LogP contribution in [0.15, 0.2) is 66.7 Å². The van der Waals surface area contributed by atoms with Gasteiger partial charge in [0.2, 0.25) is 0 Å². The summed E-state index contributed by atoms with van der Waals surface area (Å²) in [4.78, 5) is 29.2. The maximum Gasteiger partial charge on any atom is 0.274 e. The molecular weight excluding hydrogens is 352 g/mol. The molecule has 0 spiro atoms. The van der Waals surface area contributed by atoms with Crippen molar-refractivity contribution in [2.75, 3.05) is 10.6 Å². The summed E-state index contributed by atoms with van der Waals surface area (Å²) in [5.74, 6) is -0.847. The van der Waals surface area contributed by atoms with E-state index in [1.165, 1.54) is 6.07 Å². The van der Waals surface area contributed by atoms with Crippen LogP contribution in [0, 0.1) is 11.3 Å². The smallest absolute Gasteiger partial charge is 0.274 e. The Balaban J connectivity index is 1.76. The molecule has 1 heterocycles. The first-order chi connectivity index (χ1) is 13.6. The SMILES string of the molecule is CCc1ccccc1NC(=O)c1cccc(C(=O)Nc2cccc(C#N)c2)n1. The molecule has 1 aromatic heterocycles. The summed E-state index contributed by atoms with van der Waals surface area (Å²) < 4.78 is 0. The molecule has 3 aromatic rings. The van der Waals surface area contributed by atoms with Gasteiger partial charge in [-0.25, -0.2) is 4.98 Å². The van der Waals surface area contributed by atoms with Crippen molar-refractivity contribution in [2.45, 2.75) is 13.3 Å². The summed E-state index contributed by atoms with van der Waals surface area (Å²) in [6.45, 7) is 2.01. The number of nitrogens with zero attached hydrogens (tertiary/aromatic N) is 2. The Kier molecular flexibility index (Phi) is 5.78. The lowest BCUT2D eigenvalue weighted by molar-refractivity contribution is 0.101. The summed E-state index contributed by atoms with van der Waals surface area (Å²) in [6.07, 6.45) is 0.786. The second kappa shape index (κ2) is 8.60. The molecular formula is C22H18N4O2. The molecule has 0 fully saturated rings. The van der Waals surface area contributed by atoms with Crippen molar-refractivity contribution in [3.63, 3.8) is 0 Å². The van der Waals surface area contributed by atoms with E-state index in [9.17, 15) is 9.59 Å². The molecule has 0 unspecified atom stereocenters. The first-order valence-corrected chi connectivity index (χ1v) is 8.78. The van der Waals surface area contributed by atoms with Crippen LogP contribution in [-0.2, 0) is 6.42 Å². The molecule has 0 bridgehead atoms. The van der Waals surface area contributed by atoms with E-state index in [0.717, 1.165) is 17.7 Å². The number of hydrogen-bond donors (Lipinski definition) is 2. The quantitative estimate of drug-likeness (QED) is 0.709. The number of para-hydroxylation sites is 1. The van der Waals surface area contributed by atoms with Crippen LogP contribution in [0.1, 0.15) is 39.0 Å². The Hall–Kier alpha value is -3.98. The summed E-state index contributed by atoms with van der Waals surface area (Å²) in [7, 11) is 0. The first kappa shape index (κ1) is 18.8. The number of carbonyl (C=O) groups is 2. The van der Waals surface area contributed by atoms with E-state index in [2.05, 4.69) is 15.6 Å². The van der Waals surface area contributed by atoms with Crippen LogP contribution in [0.3, 0.4) is 0 Å². The molecule has 2 amide bonds. The van der Waals surface area contributed by atoms with Crippen molar-refractivity contribution in [3.8, 4) is 6.07 Å². The fourth-order valence-corrected chi connectivity index (χ4v) is 2.69. The number of aromatic nitrogens is 1. The maximum atomic E-state index is 12.6. The minimum absolute atomic E-state index is 0.110. The summed E-state index contributed by atoms with van der Waals surface area (Å²) in [5, 5.41) is 14.5. The topological polar surface area (TPSA) is 94.9 Å². The number of pyridine rings is 1. The molecule has 0 atom stereocenters. The number of benzene rings is 2. The molecule has 0 aliphatic rings. The Morgan fingerprint density at radius 3 is 2.32 bits per heavy atom. The second-order valence-electron chi connectivity index (χ2n) is 6.02. The molecule has 0 aliphatic carbocycles. The zero-order valence-corrected chi connectivity index (χ0v) is 15.3. The third kappa shape index (κ3) is 4.40. The van der Waals surface area contributed by atoms with Crippen molar-refractivity contribution >= 4 is 23.2 Å². The monoisotopic (exact) mass is 370 g/mol. The molecule has 0 saturated heterocycles. The second-order valence-corrected chi connectivity index (χ2v) is 6.02. The number of nitrogens with one attached hydrogen (secondary N) is 2. The summed E-state index contributed by atoms with van der Waals surface area (Å²) in [5.41, 5.74) is 2.91. The van der Waals surface area contributed by atoms with Gasteiger partial charge in [-0.2, -0.15) is 5.26 Å². The zero-order chi connectivity index (χ0) is 19.9. The van der Waals surface area contributed by atoms with E-state index < -0.39 is 5.91 Å². The predicted molar refractivity (Wildman–Crippen MR) is 107 cm³/mol. The van der Waals surface area contributed by atoms with E-state index in [4.69, 9.17) is 5.26 Å². The van der Waals surface area contributed by atoms with Crippen molar-refractivity contribution in [3.05, 3.63) is 89.2 Å². The van der Waals surface area contributed by atoms with Crippen molar-refractivity contribution in [2.24, 2.45) is 0 Å². The van der Waals surface area contributed by atoms with Crippen LogP contribution in [-0.4, -0.2) is 16.8 Å². The fourth-order valence-electron chi connectivity index (χ4n) is 2.69. The predicted octanol–water partition coefficient (Wildman–Crippen LogP) is 4.02. The zero-order valence-electron chi connectivity index (χ0n) is 15.3. The fraction of sp³-hybridized carbons (Fsp3) is 0.0909. The highest BCUT2D eigenvalue weighted by molar-refractivity contribution is 6.06. The van der Waals surface area contributed by atoms with Crippen LogP contribution in [0.2, 0.25) is 0 Å². The van der Waals surface area contributed by atoms with Gasteiger partial charge in [0.1, 0.15) is 11.4 Å². The van der Waals surface area contributed by atoms with Gasteiger partial charge < -0.3 is 10.6 Å². The van der Waals surface area contributed by atoms with Crippen LogP contribution in [0.25, 0.3) is 0 Å². The number of carbonyl (C=O) groups excluding carboxylic acids is 2. The number of hydrogen-bond acceptors (Lipinski definition) is 4. The van der Waals surface area contributed by atoms with Crippen LogP contribution in [0.5, 0.6) is 0 Å².